The molecule has 1 aromatic rings. The van der Waals surface area contributed by atoms with Gasteiger partial charge in [0.25, 0.3) is 0 Å². The number of alkyl halides is 3. The van der Waals surface area contributed by atoms with E-state index in [1.807, 2.05) is 0 Å². The maximum Gasteiger partial charge on any atom is 0.416 e. The number of anilines is 1. The lowest BCUT2D eigenvalue weighted by Crippen LogP contribution is -2.33. The van der Waals surface area contributed by atoms with Crippen molar-refractivity contribution in [3.63, 3.8) is 0 Å². The molecule has 1 unspecified atom stereocenters. The average molecular weight is 257 g/mol. The van der Waals surface area contributed by atoms with Crippen molar-refractivity contribution in [2.45, 2.75) is 33.4 Å². The van der Waals surface area contributed by atoms with Crippen LogP contribution in [0.15, 0.2) is 18.2 Å². The van der Waals surface area contributed by atoms with Crippen LogP contribution in [0.3, 0.4) is 0 Å². The van der Waals surface area contributed by atoms with Crippen molar-refractivity contribution in [2.75, 3.05) is 11.9 Å². The minimum absolute atomic E-state index is 0.160. The smallest absolute Gasteiger partial charge is 0.384 e. The number of rotatable bonds is 0. The van der Waals surface area contributed by atoms with Crippen molar-refractivity contribution in [2.24, 2.45) is 11.3 Å². The van der Waals surface area contributed by atoms with Crippen molar-refractivity contribution in [3.8, 4) is 0 Å². The zero-order valence-corrected chi connectivity index (χ0v) is 10.9. The van der Waals surface area contributed by atoms with Crippen LogP contribution in [0.4, 0.5) is 18.9 Å². The number of nitrogens with one attached hydrogen (secondary N) is 1. The highest BCUT2D eigenvalue weighted by molar-refractivity contribution is 5.55. The van der Waals surface area contributed by atoms with Gasteiger partial charge in [0, 0.05) is 12.2 Å². The van der Waals surface area contributed by atoms with Gasteiger partial charge in [0.15, 0.2) is 0 Å². The van der Waals surface area contributed by atoms with Crippen LogP contribution in [0.1, 0.15) is 31.9 Å². The van der Waals surface area contributed by atoms with Gasteiger partial charge < -0.3 is 5.32 Å². The fraction of sp³-hybridized carbons (Fsp3) is 0.571. The molecular formula is C14H18F3N. The summed E-state index contributed by atoms with van der Waals surface area (Å²) in [5.41, 5.74) is 1.19. The second-order valence-corrected chi connectivity index (χ2v) is 6.02. The molecular weight excluding hydrogens is 239 g/mol. The van der Waals surface area contributed by atoms with E-state index in [0.29, 0.717) is 11.6 Å². The minimum atomic E-state index is -4.27. The van der Waals surface area contributed by atoms with Gasteiger partial charge in [0.05, 0.1) is 5.56 Å². The fourth-order valence-corrected chi connectivity index (χ4v) is 2.28. The molecule has 0 radical (unpaired) electrons. The van der Waals surface area contributed by atoms with Gasteiger partial charge in [-0.25, -0.2) is 0 Å². The first-order valence-corrected chi connectivity index (χ1v) is 6.12. The maximum atomic E-state index is 12.6. The quantitative estimate of drug-likeness (QED) is 0.729. The van der Waals surface area contributed by atoms with E-state index in [9.17, 15) is 13.2 Å². The second kappa shape index (κ2) is 4.18. The Labute approximate surface area is 105 Å². The topological polar surface area (TPSA) is 12.0 Å². The van der Waals surface area contributed by atoms with Crippen LogP contribution in [-0.2, 0) is 12.6 Å². The molecule has 0 saturated heterocycles. The highest BCUT2D eigenvalue weighted by Gasteiger charge is 2.33. The summed E-state index contributed by atoms with van der Waals surface area (Å²) in [6, 6.07) is 3.99. The first-order valence-electron chi connectivity index (χ1n) is 6.12. The Kier molecular flexibility index (Phi) is 3.07. The molecule has 4 heteroatoms. The van der Waals surface area contributed by atoms with Crippen molar-refractivity contribution in [3.05, 3.63) is 29.3 Å². The highest BCUT2D eigenvalue weighted by atomic mass is 19.4. The number of fused-ring (bicyclic) bond motifs is 1. The van der Waals surface area contributed by atoms with Gasteiger partial charge in [-0.2, -0.15) is 13.2 Å². The van der Waals surface area contributed by atoms with Crippen LogP contribution in [0, 0.1) is 11.3 Å². The standard InChI is InChI=1S/C14H18F3N/c1-13(2,3)11-6-9-4-5-10(14(15,16)17)7-12(9)18-8-11/h4-5,7,11,18H,6,8H2,1-3H3. The number of benzene rings is 1. The summed E-state index contributed by atoms with van der Waals surface area (Å²) in [6.45, 7) is 7.22. The van der Waals surface area contributed by atoms with Gasteiger partial charge in [0.1, 0.15) is 0 Å². The molecule has 0 aliphatic carbocycles. The summed E-state index contributed by atoms with van der Waals surface area (Å²) in [4.78, 5) is 0. The molecule has 0 fully saturated rings. The third kappa shape index (κ3) is 2.62. The third-order valence-electron chi connectivity index (χ3n) is 3.67. The molecule has 2 rings (SSSR count). The summed E-state index contributed by atoms with van der Waals surface area (Å²) in [7, 11) is 0. The van der Waals surface area contributed by atoms with Crippen LogP contribution in [0.25, 0.3) is 0 Å². The molecule has 1 aliphatic heterocycles. The number of halogens is 3. The summed E-state index contributed by atoms with van der Waals surface area (Å²) in [5.74, 6) is 0.446. The molecule has 1 heterocycles. The molecule has 1 atom stereocenters. The summed E-state index contributed by atoms with van der Waals surface area (Å²) in [6.07, 6.45) is -3.43. The van der Waals surface area contributed by atoms with E-state index in [1.165, 1.54) is 12.1 Å². The Morgan fingerprint density at radius 1 is 1.17 bits per heavy atom. The average Bonchev–Trinajstić information content (AvgIpc) is 2.25. The first-order chi connectivity index (χ1) is 8.18. The molecule has 1 aliphatic rings. The Balaban J connectivity index is 2.27. The van der Waals surface area contributed by atoms with Crippen LogP contribution >= 0.6 is 0 Å². The van der Waals surface area contributed by atoms with Crippen molar-refractivity contribution in [1.29, 1.82) is 0 Å². The second-order valence-electron chi connectivity index (χ2n) is 6.02. The highest BCUT2D eigenvalue weighted by Crippen LogP contribution is 2.38. The molecule has 1 N–H and O–H groups in total. The van der Waals surface area contributed by atoms with E-state index in [0.717, 1.165) is 18.5 Å². The molecule has 100 valence electrons. The van der Waals surface area contributed by atoms with E-state index in [4.69, 9.17) is 0 Å². The van der Waals surface area contributed by atoms with E-state index in [1.54, 1.807) is 6.07 Å². The number of hydrogen-bond acceptors (Lipinski definition) is 1. The van der Waals surface area contributed by atoms with Gasteiger partial charge in [0.2, 0.25) is 0 Å². The molecule has 1 aromatic carbocycles. The Bertz CT molecular complexity index is 443. The summed E-state index contributed by atoms with van der Waals surface area (Å²) >= 11 is 0. The van der Waals surface area contributed by atoms with Crippen molar-refractivity contribution in [1.82, 2.24) is 0 Å². The largest absolute Gasteiger partial charge is 0.416 e. The van der Waals surface area contributed by atoms with Gasteiger partial charge in [-0.15, -0.1) is 0 Å². The Morgan fingerprint density at radius 2 is 1.83 bits per heavy atom. The SMILES string of the molecule is CC(C)(C)C1CNc2cc(C(F)(F)F)ccc2C1. The fourth-order valence-electron chi connectivity index (χ4n) is 2.28. The third-order valence-corrected chi connectivity index (χ3v) is 3.67. The van der Waals surface area contributed by atoms with Crippen LogP contribution in [0.2, 0.25) is 0 Å². The van der Waals surface area contributed by atoms with Gasteiger partial charge in [-0.1, -0.05) is 26.8 Å². The normalized spacial score (nSPS) is 20.2. The molecule has 1 nitrogen and oxygen atoms in total. The van der Waals surface area contributed by atoms with Crippen LogP contribution < -0.4 is 5.32 Å². The Morgan fingerprint density at radius 3 is 2.39 bits per heavy atom. The lowest BCUT2D eigenvalue weighted by molar-refractivity contribution is -0.137. The zero-order valence-electron chi connectivity index (χ0n) is 10.9. The summed E-state index contributed by atoms with van der Waals surface area (Å²) < 4.78 is 37.8. The molecule has 18 heavy (non-hydrogen) atoms. The van der Waals surface area contributed by atoms with Crippen LogP contribution in [-0.4, -0.2) is 6.54 Å². The van der Waals surface area contributed by atoms with Crippen molar-refractivity contribution < 1.29 is 13.2 Å². The predicted molar refractivity (Wildman–Crippen MR) is 66.6 cm³/mol. The van der Waals surface area contributed by atoms with Gasteiger partial charge in [-0.05, 0) is 35.4 Å². The molecule has 0 amide bonds. The predicted octanol–water partition coefficient (Wildman–Crippen LogP) is 4.34. The monoisotopic (exact) mass is 257 g/mol. The maximum absolute atomic E-state index is 12.6. The molecule has 0 spiro atoms. The van der Waals surface area contributed by atoms with Gasteiger partial charge >= 0.3 is 6.18 Å². The van der Waals surface area contributed by atoms with E-state index in [-0.39, 0.29) is 5.41 Å². The molecule has 0 bridgehead atoms. The summed E-state index contributed by atoms with van der Waals surface area (Å²) in [5, 5.41) is 3.13. The lowest BCUT2D eigenvalue weighted by Gasteiger charge is -2.35. The van der Waals surface area contributed by atoms with Crippen LogP contribution in [0.5, 0.6) is 0 Å². The first kappa shape index (κ1) is 13.2. The van der Waals surface area contributed by atoms with E-state index < -0.39 is 11.7 Å². The van der Waals surface area contributed by atoms with Crippen molar-refractivity contribution >= 4 is 5.69 Å². The molecule has 0 saturated carbocycles. The van der Waals surface area contributed by atoms with E-state index >= 15 is 0 Å². The van der Waals surface area contributed by atoms with E-state index in [2.05, 4.69) is 26.1 Å². The molecule has 0 aromatic heterocycles. The lowest BCUT2D eigenvalue weighted by atomic mass is 9.75. The zero-order chi connectivity index (χ0) is 13.6. The number of hydrogen-bond donors (Lipinski definition) is 1. The minimum Gasteiger partial charge on any atom is -0.384 e. The van der Waals surface area contributed by atoms with Gasteiger partial charge in [-0.3, -0.25) is 0 Å². The Hall–Kier alpha value is -1.19.